The fourth-order valence-electron chi connectivity index (χ4n) is 2.38. The maximum absolute atomic E-state index is 12.7. The highest BCUT2D eigenvalue weighted by molar-refractivity contribution is 7.85. The van der Waals surface area contributed by atoms with Crippen molar-refractivity contribution >= 4 is 22.4 Å². The molecular formula is C17H22N2O3S. The van der Waals surface area contributed by atoms with Gasteiger partial charge in [0.1, 0.15) is 11.0 Å². The van der Waals surface area contributed by atoms with Crippen LogP contribution in [0.5, 0.6) is 0 Å². The molecule has 2 rings (SSSR count). The molecule has 0 saturated carbocycles. The number of aryl methyl sites for hydroxylation is 2. The zero-order valence-corrected chi connectivity index (χ0v) is 14.7. The van der Waals surface area contributed by atoms with Crippen LogP contribution in [0.4, 0.5) is 5.69 Å². The lowest BCUT2D eigenvalue weighted by molar-refractivity contribution is -0.117. The predicted molar refractivity (Wildman–Crippen MR) is 91.8 cm³/mol. The van der Waals surface area contributed by atoms with Crippen molar-refractivity contribution < 1.29 is 13.5 Å². The van der Waals surface area contributed by atoms with E-state index in [0.29, 0.717) is 12.3 Å². The van der Waals surface area contributed by atoms with Crippen LogP contribution in [0.2, 0.25) is 0 Å². The number of nitrogens with zero attached hydrogens (tertiary/aromatic N) is 2. The Bertz CT molecular complexity index is 678. The van der Waals surface area contributed by atoms with Crippen molar-refractivity contribution in [2.45, 2.75) is 38.7 Å². The van der Waals surface area contributed by atoms with Gasteiger partial charge in [0.15, 0.2) is 0 Å². The van der Waals surface area contributed by atoms with Gasteiger partial charge in [0.25, 0.3) is 0 Å². The Morgan fingerprint density at radius 2 is 1.96 bits per heavy atom. The van der Waals surface area contributed by atoms with Crippen LogP contribution in [0.25, 0.3) is 0 Å². The van der Waals surface area contributed by atoms with E-state index in [4.69, 9.17) is 4.52 Å². The first-order valence-corrected chi connectivity index (χ1v) is 8.99. The summed E-state index contributed by atoms with van der Waals surface area (Å²) in [6.07, 6.45) is 0. The lowest BCUT2D eigenvalue weighted by Gasteiger charge is -2.24. The van der Waals surface area contributed by atoms with E-state index >= 15 is 0 Å². The van der Waals surface area contributed by atoms with Crippen LogP contribution >= 0.6 is 0 Å². The summed E-state index contributed by atoms with van der Waals surface area (Å²) in [5, 5.41) is 3.27. The lowest BCUT2D eigenvalue weighted by Crippen LogP contribution is -2.40. The molecule has 1 heterocycles. The van der Waals surface area contributed by atoms with Gasteiger partial charge in [-0.2, -0.15) is 0 Å². The highest BCUT2D eigenvalue weighted by atomic mass is 32.2. The quantitative estimate of drug-likeness (QED) is 0.815. The van der Waals surface area contributed by atoms with E-state index in [-0.39, 0.29) is 11.7 Å². The smallest absolute Gasteiger partial charge is 0.242 e. The molecule has 2 atom stereocenters. The van der Waals surface area contributed by atoms with Gasteiger partial charge in [-0.15, -0.1) is 0 Å². The Labute approximate surface area is 139 Å². The molecule has 0 bridgehead atoms. The Balaban J connectivity index is 2.13. The van der Waals surface area contributed by atoms with Crippen LogP contribution in [0.15, 0.2) is 34.9 Å². The molecule has 0 N–H and O–H groups in total. The van der Waals surface area contributed by atoms with E-state index in [0.717, 1.165) is 16.9 Å². The standard InChI is InChI=1S/C17H22N2O3S/c1-5-19(15-9-7-6-8-10-15)17(20)14(4)23(21)11-16-12(2)18-22-13(16)3/h6-10,14H,5,11H2,1-4H3/t14-,23-/m0/s1. The minimum Gasteiger partial charge on any atom is -0.361 e. The molecule has 1 aromatic carbocycles. The SMILES string of the molecule is CCN(C(=O)[C@H](C)[S@@](=O)Cc1c(C)noc1C)c1ccccc1. The monoisotopic (exact) mass is 334 g/mol. The molecule has 6 heteroatoms. The van der Waals surface area contributed by atoms with Gasteiger partial charge in [0, 0.05) is 28.6 Å². The molecule has 5 nitrogen and oxygen atoms in total. The van der Waals surface area contributed by atoms with E-state index in [2.05, 4.69) is 5.16 Å². The number of hydrogen-bond acceptors (Lipinski definition) is 4. The second kappa shape index (κ2) is 7.55. The summed E-state index contributed by atoms with van der Waals surface area (Å²) in [5.41, 5.74) is 2.37. The summed E-state index contributed by atoms with van der Waals surface area (Å²) >= 11 is 0. The molecule has 0 unspecified atom stereocenters. The first-order valence-electron chi connectivity index (χ1n) is 7.61. The summed E-state index contributed by atoms with van der Waals surface area (Å²) in [6.45, 7) is 7.77. The van der Waals surface area contributed by atoms with E-state index in [1.54, 1.807) is 18.7 Å². The molecular weight excluding hydrogens is 312 g/mol. The third-order valence-electron chi connectivity index (χ3n) is 3.86. The molecule has 0 saturated heterocycles. The van der Waals surface area contributed by atoms with Gasteiger partial charge in [-0.25, -0.2) is 0 Å². The lowest BCUT2D eigenvalue weighted by atomic mass is 10.2. The number of carbonyl (C=O) groups excluding carboxylic acids is 1. The Morgan fingerprint density at radius 1 is 1.30 bits per heavy atom. The number of aromatic nitrogens is 1. The summed E-state index contributed by atoms with van der Waals surface area (Å²) in [6, 6.07) is 9.44. The Hall–Kier alpha value is -1.95. The molecule has 0 aliphatic rings. The summed E-state index contributed by atoms with van der Waals surface area (Å²) in [4.78, 5) is 14.4. The van der Waals surface area contributed by atoms with Crippen molar-refractivity contribution in [2.75, 3.05) is 11.4 Å². The van der Waals surface area contributed by atoms with Crippen LogP contribution in [-0.4, -0.2) is 27.1 Å². The predicted octanol–water partition coefficient (Wildman–Crippen LogP) is 2.98. The zero-order chi connectivity index (χ0) is 17.0. The van der Waals surface area contributed by atoms with Gasteiger partial charge in [0.05, 0.1) is 11.4 Å². The third kappa shape index (κ3) is 3.88. The Kier molecular flexibility index (Phi) is 5.71. The number of rotatable bonds is 6. The molecule has 0 aliphatic heterocycles. The van der Waals surface area contributed by atoms with Crippen LogP contribution < -0.4 is 4.90 Å². The minimum atomic E-state index is -1.33. The number of para-hydroxylation sites is 1. The molecule has 0 radical (unpaired) electrons. The summed E-state index contributed by atoms with van der Waals surface area (Å²) < 4.78 is 17.7. The fraction of sp³-hybridized carbons (Fsp3) is 0.412. The molecule has 1 amide bonds. The van der Waals surface area contributed by atoms with Crippen LogP contribution in [0.3, 0.4) is 0 Å². The maximum atomic E-state index is 12.7. The zero-order valence-electron chi connectivity index (χ0n) is 13.9. The van der Waals surface area contributed by atoms with Crippen molar-refractivity contribution in [1.82, 2.24) is 5.16 Å². The number of anilines is 1. The second-order valence-corrected chi connectivity index (χ2v) is 7.15. The van der Waals surface area contributed by atoms with Gasteiger partial charge in [-0.3, -0.25) is 9.00 Å². The molecule has 0 aliphatic carbocycles. The van der Waals surface area contributed by atoms with Crippen molar-refractivity contribution in [3.8, 4) is 0 Å². The molecule has 124 valence electrons. The van der Waals surface area contributed by atoms with Crippen LogP contribution in [-0.2, 0) is 21.3 Å². The molecule has 2 aromatic rings. The molecule has 0 fully saturated rings. The molecule has 23 heavy (non-hydrogen) atoms. The first kappa shape index (κ1) is 17.4. The number of amides is 1. The topological polar surface area (TPSA) is 63.4 Å². The normalized spacial score (nSPS) is 13.6. The maximum Gasteiger partial charge on any atom is 0.242 e. The van der Waals surface area contributed by atoms with Crippen LogP contribution in [0.1, 0.15) is 30.9 Å². The highest BCUT2D eigenvalue weighted by Gasteiger charge is 2.27. The Morgan fingerprint density at radius 3 is 2.48 bits per heavy atom. The fourth-order valence-corrected chi connectivity index (χ4v) is 3.68. The summed E-state index contributed by atoms with van der Waals surface area (Å²) in [5.74, 6) is 0.801. The van der Waals surface area contributed by atoms with Gasteiger partial charge >= 0.3 is 0 Å². The van der Waals surface area contributed by atoms with E-state index in [9.17, 15) is 9.00 Å². The van der Waals surface area contributed by atoms with Crippen molar-refractivity contribution in [2.24, 2.45) is 0 Å². The largest absolute Gasteiger partial charge is 0.361 e. The average Bonchev–Trinajstić information content (AvgIpc) is 2.87. The highest BCUT2D eigenvalue weighted by Crippen LogP contribution is 2.19. The van der Waals surface area contributed by atoms with E-state index < -0.39 is 16.0 Å². The van der Waals surface area contributed by atoms with Crippen molar-refractivity contribution in [3.05, 3.63) is 47.3 Å². The van der Waals surface area contributed by atoms with Crippen molar-refractivity contribution in [1.29, 1.82) is 0 Å². The van der Waals surface area contributed by atoms with Gasteiger partial charge in [-0.05, 0) is 39.8 Å². The van der Waals surface area contributed by atoms with Gasteiger partial charge < -0.3 is 9.42 Å². The van der Waals surface area contributed by atoms with Crippen molar-refractivity contribution in [3.63, 3.8) is 0 Å². The number of carbonyl (C=O) groups is 1. The molecule has 0 spiro atoms. The average molecular weight is 334 g/mol. The van der Waals surface area contributed by atoms with Crippen LogP contribution in [0, 0.1) is 13.8 Å². The van der Waals surface area contributed by atoms with Gasteiger partial charge in [0.2, 0.25) is 5.91 Å². The summed E-state index contributed by atoms with van der Waals surface area (Å²) in [7, 11) is -1.33. The third-order valence-corrected chi connectivity index (χ3v) is 5.42. The van der Waals surface area contributed by atoms with E-state index in [1.807, 2.05) is 44.2 Å². The number of benzene rings is 1. The van der Waals surface area contributed by atoms with Gasteiger partial charge in [-0.1, -0.05) is 23.4 Å². The van der Waals surface area contributed by atoms with E-state index in [1.165, 1.54) is 0 Å². The minimum absolute atomic E-state index is 0.135. The molecule has 1 aromatic heterocycles. The number of hydrogen-bond donors (Lipinski definition) is 0. The first-order chi connectivity index (χ1) is 11.0. The second-order valence-electron chi connectivity index (χ2n) is 5.39.